The lowest BCUT2D eigenvalue weighted by Crippen LogP contribution is -3.00. The summed E-state index contributed by atoms with van der Waals surface area (Å²) in [5.74, 6) is 0.618. The lowest BCUT2D eigenvalue weighted by molar-refractivity contribution is -0.344. The van der Waals surface area contributed by atoms with Gasteiger partial charge in [-0.25, -0.2) is 4.98 Å². The number of aromatic amines is 1. The number of alkyl halides is 1. The highest BCUT2D eigenvalue weighted by atomic mass is 35.5. The smallest absolute Gasteiger partial charge is 0.212 e. The molecule has 0 bridgehead atoms. The third kappa shape index (κ3) is 3.23. The zero-order chi connectivity index (χ0) is 9.80. The topological polar surface area (TPSA) is 57.7 Å². The molecular weight excluding hydrogens is 247 g/mol. The van der Waals surface area contributed by atoms with E-state index in [1.165, 1.54) is 5.39 Å². The number of pyridine rings is 1. The maximum absolute atomic E-state index is 5.63. The number of anilines is 1. The molecule has 0 aliphatic heterocycles. The van der Waals surface area contributed by atoms with E-state index in [-0.39, 0.29) is 17.9 Å². The number of H-pyrrole nitrogens is 1. The summed E-state index contributed by atoms with van der Waals surface area (Å²) < 4.78 is 0. The number of para-hydroxylation sites is 1. The maximum atomic E-state index is 5.63. The van der Waals surface area contributed by atoms with Gasteiger partial charge in [0.15, 0.2) is 6.20 Å². The van der Waals surface area contributed by atoms with Crippen molar-refractivity contribution in [1.29, 1.82) is 0 Å². The Morgan fingerprint density at radius 3 is 2.69 bits per heavy atom. The van der Waals surface area contributed by atoms with Crippen LogP contribution < -0.4 is 22.7 Å². The highest BCUT2D eigenvalue weighted by molar-refractivity contribution is 6.18. The molecule has 0 unspecified atom stereocenters. The summed E-state index contributed by atoms with van der Waals surface area (Å²) in [4.78, 5) is 3.19. The van der Waals surface area contributed by atoms with Crippen LogP contribution >= 0.6 is 11.6 Å². The molecule has 0 aliphatic rings. The average molecular weight is 261 g/mol. The molecule has 0 saturated carbocycles. The second-order valence-corrected chi connectivity index (χ2v) is 3.43. The van der Waals surface area contributed by atoms with Gasteiger partial charge in [0.1, 0.15) is 0 Å². The molecule has 0 spiro atoms. The Hall–Kier alpha value is -1.03. The van der Waals surface area contributed by atoms with Gasteiger partial charge < -0.3 is 23.2 Å². The summed E-state index contributed by atoms with van der Waals surface area (Å²) >= 11 is 5.63. The molecule has 0 radical (unpaired) electrons. The van der Waals surface area contributed by atoms with Crippen molar-refractivity contribution in [2.45, 2.75) is 0 Å². The fraction of sp³-hybridized carbons (Fsp3) is 0.182. The zero-order valence-electron chi connectivity index (χ0n) is 8.63. The van der Waals surface area contributed by atoms with Crippen LogP contribution in [0.4, 0.5) is 5.69 Å². The van der Waals surface area contributed by atoms with Crippen LogP contribution in [0.5, 0.6) is 0 Å². The van der Waals surface area contributed by atoms with Crippen molar-refractivity contribution in [3.8, 4) is 0 Å². The molecule has 0 aliphatic carbocycles. The van der Waals surface area contributed by atoms with E-state index in [1.54, 1.807) is 0 Å². The van der Waals surface area contributed by atoms with Crippen molar-refractivity contribution in [1.82, 2.24) is 0 Å². The van der Waals surface area contributed by atoms with Crippen LogP contribution in [0.1, 0.15) is 0 Å². The van der Waals surface area contributed by atoms with E-state index in [0.29, 0.717) is 5.88 Å². The highest BCUT2D eigenvalue weighted by Gasteiger charge is 2.03. The van der Waals surface area contributed by atoms with Crippen LogP contribution in [0.15, 0.2) is 36.5 Å². The van der Waals surface area contributed by atoms with Crippen molar-refractivity contribution >= 4 is 28.2 Å². The molecule has 0 atom stereocenters. The van der Waals surface area contributed by atoms with Gasteiger partial charge in [-0.05, 0) is 6.07 Å². The molecule has 2 aromatic rings. The van der Waals surface area contributed by atoms with E-state index >= 15 is 0 Å². The van der Waals surface area contributed by atoms with Crippen molar-refractivity contribution in [2.75, 3.05) is 17.7 Å². The van der Waals surface area contributed by atoms with E-state index in [2.05, 4.69) is 22.4 Å². The van der Waals surface area contributed by atoms with Gasteiger partial charge in [0.2, 0.25) is 5.52 Å². The number of nitrogens with one attached hydrogen (secondary N) is 2. The van der Waals surface area contributed by atoms with Gasteiger partial charge in [0.25, 0.3) is 0 Å². The maximum Gasteiger partial charge on any atom is 0.212 e. The summed E-state index contributed by atoms with van der Waals surface area (Å²) in [6, 6.07) is 10.2. The van der Waals surface area contributed by atoms with Gasteiger partial charge in [-0.3, -0.25) is 0 Å². The summed E-state index contributed by atoms with van der Waals surface area (Å²) in [6.45, 7) is 0.787. The normalized spacial score (nSPS) is 9.06. The number of aromatic nitrogens is 1. The Bertz CT molecular complexity index is 432. The Balaban J connectivity index is 0.00000112. The lowest BCUT2D eigenvalue weighted by Gasteiger charge is -2.04. The summed E-state index contributed by atoms with van der Waals surface area (Å²) in [6.07, 6.45) is 1.93. The summed E-state index contributed by atoms with van der Waals surface area (Å²) in [5.41, 5.74) is 2.26. The third-order valence-corrected chi connectivity index (χ3v) is 2.30. The summed E-state index contributed by atoms with van der Waals surface area (Å²) in [5, 5.41) is 4.48. The van der Waals surface area contributed by atoms with Crippen LogP contribution in [0.2, 0.25) is 0 Å². The highest BCUT2D eigenvalue weighted by Crippen LogP contribution is 2.18. The van der Waals surface area contributed by atoms with Crippen molar-refractivity contribution in [3.05, 3.63) is 36.5 Å². The molecule has 88 valence electrons. The Kier molecular flexibility index (Phi) is 6.81. The Labute approximate surface area is 106 Å². The fourth-order valence-electron chi connectivity index (χ4n) is 1.48. The number of hydrogen-bond donors (Lipinski definition) is 1. The first-order valence-electron chi connectivity index (χ1n) is 4.61. The Morgan fingerprint density at radius 2 is 1.94 bits per heavy atom. The monoisotopic (exact) mass is 260 g/mol. The molecule has 16 heavy (non-hydrogen) atoms. The van der Waals surface area contributed by atoms with Crippen LogP contribution in [0, 0.1) is 0 Å². The number of halogens is 2. The minimum atomic E-state index is 0. The van der Waals surface area contributed by atoms with Gasteiger partial charge in [-0.1, -0.05) is 12.1 Å². The molecule has 0 saturated heterocycles. The first-order chi connectivity index (χ1) is 6.92. The van der Waals surface area contributed by atoms with Crippen LogP contribution in [0.25, 0.3) is 10.9 Å². The van der Waals surface area contributed by atoms with Crippen molar-refractivity contribution < 1.29 is 22.9 Å². The summed E-state index contributed by atoms with van der Waals surface area (Å²) in [7, 11) is 0. The van der Waals surface area contributed by atoms with E-state index in [4.69, 9.17) is 11.6 Å². The molecule has 1 heterocycles. The first kappa shape index (κ1) is 15.0. The SMILES string of the molecule is ClCCNc1cc[nH+]c2ccccc12.O.[Cl-]. The molecule has 5 heteroatoms. The molecular formula is C11H14Cl2N2O. The molecule has 3 nitrogen and oxygen atoms in total. The van der Waals surface area contributed by atoms with Crippen molar-refractivity contribution in [2.24, 2.45) is 0 Å². The molecule has 2 rings (SSSR count). The lowest BCUT2D eigenvalue weighted by atomic mass is 10.2. The number of rotatable bonds is 3. The molecule has 0 fully saturated rings. The van der Waals surface area contributed by atoms with Gasteiger partial charge in [0, 0.05) is 24.6 Å². The first-order valence-corrected chi connectivity index (χ1v) is 5.14. The van der Waals surface area contributed by atoms with E-state index in [0.717, 1.165) is 17.7 Å². The molecule has 1 aromatic carbocycles. The second-order valence-electron chi connectivity index (χ2n) is 3.05. The molecule has 4 N–H and O–H groups in total. The van der Waals surface area contributed by atoms with Gasteiger partial charge in [0.05, 0.1) is 11.1 Å². The van der Waals surface area contributed by atoms with Gasteiger partial charge >= 0.3 is 0 Å². The van der Waals surface area contributed by atoms with E-state index < -0.39 is 0 Å². The second kappa shape index (κ2) is 7.28. The van der Waals surface area contributed by atoms with Crippen LogP contribution in [-0.2, 0) is 0 Å². The molecule has 1 aromatic heterocycles. The third-order valence-electron chi connectivity index (χ3n) is 2.12. The number of hydrogen-bond acceptors (Lipinski definition) is 1. The van der Waals surface area contributed by atoms with Crippen LogP contribution in [0.3, 0.4) is 0 Å². The average Bonchev–Trinajstić information content (AvgIpc) is 2.26. The standard InChI is InChI=1S/C11H11ClN2.ClH.H2O/c12-6-8-14-11-5-7-13-10-4-2-1-3-9(10)11;;/h1-5,7H,6,8H2,(H,13,14);1H;1H2. The number of benzene rings is 1. The number of fused-ring (bicyclic) bond motifs is 1. The predicted octanol–water partition coefficient (Wildman–Crippen LogP) is -1.52. The van der Waals surface area contributed by atoms with E-state index in [1.807, 2.05) is 24.4 Å². The zero-order valence-corrected chi connectivity index (χ0v) is 10.1. The predicted molar refractivity (Wildman–Crippen MR) is 63.3 cm³/mol. The van der Waals surface area contributed by atoms with Crippen LogP contribution in [-0.4, -0.2) is 17.9 Å². The molecule has 0 amide bonds. The van der Waals surface area contributed by atoms with Crippen molar-refractivity contribution in [3.63, 3.8) is 0 Å². The van der Waals surface area contributed by atoms with E-state index in [9.17, 15) is 0 Å². The van der Waals surface area contributed by atoms with Gasteiger partial charge in [-0.15, -0.1) is 11.6 Å². The fourth-order valence-corrected chi connectivity index (χ4v) is 1.58. The minimum Gasteiger partial charge on any atom is -1.00 e. The minimum absolute atomic E-state index is 0. The largest absolute Gasteiger partial charge is 1.00 e. The van der Waals surface area contributed by atoms with Gasteiger partial charge in [-0.2, -0.15) is 0 Å². The Morgan fingerprint density at radius 1 is 1.19 bits per heavy atom. The quantitative estimate of drug-likeness (QED) is 0.671.